The number of fused-ring (bicyclic) bond motifs is 3. The van der Waals surface area contributed by atoms with Crippen molar-refractivity contribution in [2.45, 2.75) is 37.1 Å². The highest BCUT2D eigenvalue weighted by Gasteiger charge is 2.42. The number of hydrogen-bond acceptors (Lipinski definition) is 4. The van der Waals surface area contributed by atoms with E-state index in [2.05, 4.69) is 24.3 Å². The molecule has 140 valence electrons. The number of rotatable bonds is 4. The van der Waals surface area contributed by atoms with Gasteiger partial charge in [-0.25, -0.2) is 0 Å². The second-order valence-electron chi connectivity index (χ2n) is 7.61. The Hall–Kier alpha value is -2.66. The average Bonchev–Trinajstić information content (AvgIpc) is 3.00. The van der Waals surface area contributed by atoms with E-state index in [0.29, 0.717) is 19.3 Å². The Morgan fingerprint density at radius 1 is 1.07 bits per heavy atom. The highest BCUT2D eigenvalue weighted by Crippen LogP contribution is 2.44. The molecule has 0 amide bonds. The van der Waals surface area contributed by atoms with Crippen LogP contribution in [0.15, 0.2) is 48.5 Å². The molecule has 5 heteroatoms. The van der Waals surface area contributed by atoms with Gasteiger partial charge in [0, 0.05) is 5.92 Å². The lowest BCUT2D eigenvalue weighted by Gasteiger charge is -2.33. The number of aliphatic carboxylic acids is 1. The van der Waals surface area contributed by atoms with Crippen LogP contribution in [0.1, 0.15) is 42.7 Å². The summed E-state index contributed by atoms with van der Waals surface area (Å²) in [6.07, 6.45) is 1.79. The van der Waals surface area contributed by atoms with Gasteiger partial charge in [0.05, 0.1) is 5.92 Å². The molecule has 2 atom stereocenters. The first-order chi connectivity index (χ1) is 13.0. The third-order valence-corrected chi connectivity index (χ3v) is 5.90. The molecule has 4 rings (SSSR count). The van der Waals surface area contributed by atoms with Crippen molar-refractivity contribution >= 4 is 11.9 Å². The van der Waals surface area contributed by atoms with E-state index in [0.717, 1.165) is 11.1 Å². The number of esters is 1. The van der Waals surface area contributed by atoms with Crippen molar-refractivity contribution in [3.05, 3.63) is 59.7 Å². The lowest BCUT2D eigenvalue weighted by molar-refractivity contribution is -0.153. The normalized spacial score (nSPS) is 24.1. The van der Waals surface area contributed by atoms with Crippen molar-refractivity contribution in [1.82, 2.24) is 0 Å². The molecule has 2 aromatic carbocycles. The molecule has 0 spiro atoms. The van der Waals surface area contributed by atoms with E-state index in [1.807, 2.05) is 24.3 Å². The zero-order valence-electron chi connectivity index (χ0n) is 15.1. The van der Waals surface area contributed by atoms with E-state index in [-0.39, 0.29) is 24.9 Å². The van der Waals surface area contributed by atoms with Crippen LogP contribution in [0.2, 0.25) is 0 Å². The topological polar surface area (TPSA) is 89.6 Å². The Bertz CT molecular complexity index is 848. The van der Waals surface area contributed by atoms with E-state index < -0.39 is 17.4 Å². The van der Waals surface area contributed by atoms with Gasteiger partial charge in [0.2, 0.25) is 0 Å². The van der Waals surface area contributed by atoms with Crippen molar-refractivity contribution in [1.29, 1.82) is 0 Å². The molecule has 2 aliphatic carbocycles. The summed E-state index contributed by atoms with van der Waals surface area (Å²) in [6.45, 7) is 0.258. The number of carbonyl (C=O) groups excluding carboxylic acids is 1. The van der Waals surface area contributed by atoms with Crippen molar-refractivity contribution < 1.29 is 19.4 Å². The summed E-state index contributed by atoms with van der Waals surface area (Å²) in [5, 5.41) is 9.34. The number of nitrogens with two attached hydrogens (primary N) is 1. The summed E-state index contributed by atoms with van der Waals surface area (Å²) in [5.41, 5.74) is 9.32. The fraction of sp³-hybridized carbons (Fsp3) is 0.364. The molecule has 27 heavy (non-hydrogen) atoms. The molecule has 0 heterocycles. The SMILES string of the molecule is N[C@@]1(C(=O)O)CCC[C@H](C(=O)OCC2c3ccccc3-c3ccccc32)C1. The van der Waals surface area contributed by atoms with Crippen molar-refractivity contribution in [2.24, 2.45) is 11.7 Å². The Morgan fingerprint density at radius 2 is 1.67 bits per heavy atom. The molecule has 1 fully saturated rings. The van der Waals surface area contributed by atoms with Gasteiger partial charge in [-0.2, -0.15) is 0 Å². The van der Waals surface area contributed by atoms with Crippen LogP contribution in [0.5, 0.6) is 0 Å². The molecule has 0 unspecified atom stereocenters. The molecular weight excluding hydrogens is 342 g/mol. The van der Waals surface area contributed by atoms with Gasteiger partial charge < -0.3 is 15.6 Å². The highest BCUT2D eigenvalue weighted by atomic mass is 16.5. The molecule has 2 aliphatic rings. The summed E-state index contributed by atoms with van der Waals surface area (Å²) < 4.78 is 5.66. The van der Waals surface area contributed by atoms with E-state index in [1.54, 1.807) is 0 Å². The highest BCUT2D eigenvalue weighted by molar-refractivity contribution is 5.81. The number of carbonyl (C=O) groups is 2. The van der Waals surface area contributed by atoms with Gasteiger partial charge in [0.15, 0.2) is 0 Å². The van der Waals surface area contributed by atoms with Crippen LogP contribution in [-0.2, 0) is 14.3 Å². The second-order valence-corrected chi connectivity index (χ2v) is 7.61. The molecule has 0 aliphatic heterocycles. The maximum atomic E-state index is 12.6. The smallest absolute Gasteiger partial charge is 0.323 e. The number of benzene rings is 2. The number of carboxylic acid groups (broad SMARTS) is 1. The number of carboxylic acids is 1. The van der Waals surface area contributed by atoms with Gasteiger partial charge in [-0.3, -0.25) is 9.59 Å². The number of hydrogen-bond donors (Lipinski definition) is 2. The third-order valence-electron chi connectivity index (χ3n) is 5.90. The molecular formula is C22H23NO4. The van der Waals surface area contributed by atoms with Crippen LogP contribution in [0.4, 0.5) is 0 Å². The second kappa shape index (κ2) is 6.82. The Labute approximate surface area is 158 Å². The Balaban J connectivity index is 1.49. The molecule has 0 saturated heterocycles. The lowest BCUT2D eigenvalue weighted by Crippen LogP contribution is -2.52. The predicted octanol–water partition coefficient (Wildman–Crippen LogP) is 3.31. The quantitative estimate of drug-likeness (QED) is 0.812. The van der Waals surface area contributed by atoms with Crippen molar-refractivity contribution in [2.75, 3.05) is 6.61 Å². The summed E-state index contributed by atoms with van der Waals surface area (Å²) in [7, 11) is 0. The van der Waals surface area contributed by atoms with E-state index >= 15 is 0 Å². The fourth-order valence-corrected chi connectivity index (χ4v) is 4.43. The van der Waals surface area contributed by atoms with Crippen LogP contribution in [-0.4, -0.2) is 29.2 Å². The standard InChI is InChI=1S/C22H23NO4/c23-22(21(25)26)11-5-6-14(12-22)20(24)27-13-19-17-9-3-1-7-15(17)16-8-2-4-10-18(16)19/h1-4,7-10,14,19H,5-6,11-13,23H2,(H,25,26)/t14-,22-/m0/s1. The molecule has 0 bridgehead atoms. The molecule has 3 N–H and O–H groups in total. The average molecular weight is 365 g/mol. The van der Waals surface area contributed by atoms with Crippen LogP contribution < -0.4 is 5.73 Å². The Morgan fingerprint density at radius 3 is 2.26 bits per heavy atom. The van der Waals surface area contributed by atoms with Crippen molar-refractivity contribution in [3.8, 4) is 11.1 Å². The summed E-state index contributed by atoms with van der Waals surface area (Å²) >= 11 is 0. The zero-order chi connectivity index (χ0) is 19.0. The van der Waals surface area contributed by atoms with E-state index in [1.165, 1.54) is 11.1 Å². The summed E-state index contributed by atoms with van der Waals surface area (Å²) in [6, 6.07) is 16.3. The Kier molecular flexibility index (Phi) is 4.48. The fourth-order valence-electron chi connectivity index (χ4n) is 4.43. The largest absolute Gasteiger partial charge is 0.480 e. The van der Waals surface area contributed by atoms with Gasteiger partial charge in [0.25, 0.3) is 0 Å². The minimum Gasteiger partial charge on any atom is -0.480 e. The van der Waals surface area contributed by atoms with Crippen LogP contribution in [0, 0.1) is 5.92 Å². The van der Waals surface area contributed by atoms with Gasteiger partial charge in [-0.05, 0) is 41.5 Å². The van der Waals surface area contributed by atoms with Crippen LogP contribution >= 0.6 is 0 Å². The lowest BCUT2D eigenvalue weighted by atomic mass is 9.76. The first kappa shape index (κ1) is 17.7. The molecule has 0 radical (unpaired) electrons. The molecule has 5 nitrogen and oxygen atoms in total. The summed E-state index contributed by atoms with van der Waals surface area (Å²) in [4.78, 5) is 24.0. The minimum atomic E-state index is -1.32. The molecule has 2 aromatic rings. The van der Waals surface area contributed by atoms with Crippen LogP contribution in [0.25, 0.3) is 11.1 Å². The minimum absolute atomic E-state index is 0.00653. The summed E-state index contributed by atoms with van der Waals surface area (Å²) in [5.74, 6) is -1.83. The first-order valence-electron chi connectivity index (χ1n) is 9.37. The van der Waals surface area contributed by atoms with E-state index in [4.69, 9.17) is 10.5 Å². The third kappa shape index (κ3) is 3.12. The number of ether oxygens (including phenoxy) is 1. The van der Waals surface area contributed by atoms with Gasteiger partial charge in [-0.15, -0.1) is 0 Å². The zero-order valence-corrected chi connectivity index (χ0v) is 15.1. The van der Waals surface area contributed by atoms with E-state index in [9.17, 15) is 14.7 Å². The van der Waals surface area contributed by atoms with Gasteiger partial charge in [-0.1, -0.05) is 55.0 Å². The van der Waals surface area contributed by atoms with Gasteiger partial charge >= 0.3 is 11.9 Å². The monoisotopic (exact) mass is 365 g/mol. The predicted molar refractivity (Wildman–Crippen MR) is 101 cm³/mol. The van der Waals surface area contributed by atoms with Crippen LogP contribution in [0.3, 0.4) is 0 Å². The van der Waals surface area contributed by atoms with Crippen molar-refractivity contribution in [3.63, 3.8) is 0 Å². The van der Waals surface area contributed by atoms with Gasteiger partial charge in [0.1, 0.15) is 12.1 Å². The molecule has 0 aromatic heterocycles. The first-order valence-corrected chi connectivity index (χ1v) is 9.37. The maximum absolute atomic E-state index is 12.6. The molecule has 1 saturated carbocycles. The maximum Gasteiger partial charge on any atom is 0.323 e.